The molecule has 0 bridgehead atoms. The van der Waals surface area contributed by atoms with Gasteiger partial charge in [-0.15, -0.1) is 0 Å². The number of carbonyl (C=O) groups is 1. The average molecular weight is 634 g/mol. The van der Waals surface area contributed by atoms with E-state index in [0.717, 1.165) is 18.6 Å². The predicted octanol–water partition coefficient (Wildman–Crippen LogP) is 4.99. The summed E-state index contributed by atoms with van der Waals surface area (Å²) in [5.74, 6) is 1.56. The maximum absolute atomic E-state index is 14.2. The normalized spacial score (nSPS) is 21.1. The fraction of sp³-hybridized carbons (Fsp3) is 0.485. The van der Waals surface area contributed by atoms with E-state index in [2.05, 4.69) is 9.97 Å². The zero-order valence-corrected chi connectivity index (χ0v) is 25.5. The molecule has 3 aromatic heterocycles. The monoisotopic (exact) mass is 633 g/mol. The minimum absolute atomic E-state index is 0.0479. The van der Waals surface area contributed by atoms with E-state index in [0.29, 0.717) is 87.9 Å². The molecule has 0 N–H and O–H groups in total. The van der Waals surface area contributed by atoms with E-state index in [1.165, 1.54) is 4.57 Å². The second-order valence-corrected chi connectivity index (χ2v) is 12.0. The lowest BCUT2D eigenvalue weighted by atomic mass is 9.86. The molecule has 2 aliphatic heterocycles. The lowest BCUT2D eigenvalue weighted by Gasteiger charge is -2.36. The summed E-state index contributed by atoms with van der Waals surface area (Å²) in [5, 5.41) is 0. The fourth-order valence-corrected chi connectivity index (χ4v) is 6.57. The van der Waals surface area contributed by atoms with Crippen molar-refractivity contribution in [2.75, 3.05) is 44.3 Å². The van der Waals surface area contributed by atoms with Crippen molar-refractivity contribution in [1.29, 1.82) is 0 Å². The number of benzene rings is 1. The molecule has 0 unspecified atom stereocenters. The Morgan fingerprint density at radius 2 is 1.57 bits per heavy atom. The van der Waals surface area contributed by atoms with Crippen LogP contribution in [-0.2, 0) is 9.53 Å². The minimum atomic E-state index is -2.80. The Bertz CT molecular complexity index is 1630. The van der Waals surface area contributed by atoms with Crippen molar-refractivity contribution in [3.8, 4) is 17.4 Å². The van der Waals surface area contributed by atoms with Crippen molar-refractivity contribution in [2.45, 2.75) is 57.2 Å². The van der Waals surface area contributed by atoms with Gasteiger partial charge >= 0.3 is 0 Å². The summed E-state index contributed by atoms with van der Waals surface area (Å²) in [4.78, 5) is 35.0. The summed E-state index contributed by atoms with van der Waals surface area (Å²) in [6.45, 7) is 3.57. The molecule has 1 aromatic carbocycles. The number of halogens is 2. The highest BCUT2D eigenvalue weighted by atomic mass is 19.3. The molecule has 11 nitrogen and oxygen atoms in total. The van der Waals surface area contributed by atoms with Gasteiger partial charge in [0.1, 0.15) is 23.8 Å². The average Bonchev–Trinajstić information content (AvgIpc) is 3.50. The Balaban J connectivity index is 1.03. The van der Waals surface area contributed by atoms with E-state index in [9.17, 15) is 13.6 Å². The topological polar surface area (TPSA) is 108 Å². The number of pyridine rings is 1. The highest BCUT2D eigenvalue weighted by Crippen LogP contribution is 2.33. The Kier molecular flexibility index (Phi) is 8.91. The largest absolute Gasteiger partial charge is 0.490 e. The molecule has 4 aromatic rings. The Morgan fingerprint density at radius 3 is 2.30 bits per heavy atom. The zero-order chi connectivity index (χ0) is 31.5. The van der Waals surface area contributed by atoms with Crippen molar-refractivity contribution in [2.24, 2.45) is 5.92 Å². The number of rotatable bonds is 8. The summed E-state index contributed by atoms with van der Waals surface area (Å²) >= 11 is 0. The number of amides is 1. The lowest BCUT2D eigenvalue weighted by molar-refractivity contribution is -0.138. The third-order valence-corrected chi connectivity index (χ3v) is 9.00. The fourth-order valence-electron chi connectivity index (χ4n) is 6.57. The molecule has 1 saturated carbocycles. The SMILES string of the molecule is O=C(C1CCC(Oc2cc(-n3c(C(F)F)nc4ccccc43)nc(N3CCOCC3)n2)CC1)N1CCC(Oc2ccncc2)CC1. The maximum atomic E-state index is 14.2. The number of nitrogens with zero attached hydrogens (tertiary/aromatic N) is 7. The standard InChI is InChI=1S/C33H37F2N7O4/c34-30(35)31-37-26-3-1-2-4-27(26)42(31)28-21-29(39-33(38-28)41-17-19-44-20-18-41)46-23-7-5-22(6-8-23)32(43)40-15-11-25(12-16-40)45-24-9-13-36-14-10-24/h1-4,9-10,13-14,21-23,25,30H,5-8,11-12,15-20H2. The molecule has 13 heteroatoms. The molecule has 0 spiro atoms. The van der Waals surface area contributed by atoms with Crippen LogP contribution in [0, 0.1) is 5.92 Å². The molecule has 2 saturated heterocycles. The van der Waals surface area contributed by atoms with Crippen molar-refractivity contribution in [1.82, 2.24) is 29.4 Å². The van der Waals surface area contributed by atoms with Crippen LogP contribution in [0.4, 0.5) is 14.7 Å². The van der Waals surface area contributed by atoms with Gasteiger partial charge in [-0.25, -0.2) is 13.8 Å². The lowest BCUT2D eigenvalue weighted by Crippen LogP contribution is -2.45. The number of para-hydroxylation sites is 2. The third-order valence-electron chi connectivity index (χ3n) is 9.00. The number of carbonyl (C=O) groups excluding carboxylic acids is 1. The first-order valence-electron chi connectivity index (χ1n) is 16.0. The van der Waals surface area contributed by atoms with E-state index in [4.69, 9.17) is 24.2 Å². The maximum Gasteiger partial charge on any atom is 0.296 e. The zero-order valence-electron chi connectivity index (χ0n) is 25.5. The first-order valence-corrected chi connectivity index (χ1v) is 16.0. The summed E-state index contributed by atoms with van der Waals surface area (Å²) in [6, 6.07) is 12.3. The van der Waals surface area contributed by atoms with Gasteiger partial charge in [-0.1, -0.05) is 12.1 Å². The molecule has 46 heavy (non-hydrogen) atoms. The number of imidazole rings is 1. The van der Waals surface area contributed by atoms with Crippen LogP contribution in [0.15, 0.2) is 54.9 Å². The summed E-state index contributed by atoms with van der Waals surface area (Å²) < 4.78 is 47.8. The van der Waals surface area contributed by atoms with Crippen LogP contribution in [0.1, 0.15) is 50.8 Å². The van der Waals surface area contributed by atoms with E-state index >= 15 is 0 Å². The highest BCUT2D eigenvalue weighted by molar-refractivity contribution is 5.79. The van der Waals surface area contributed by atoms with E-state index in [1.54, 1.807) is 42.7 Å². The number of alkyl halides is 2. The number of anilines is 1. The van der Waals surface area contributed by atoms with Gasteiger partial charge in [0.25, 0.3) is 6.43 Å². The molecule has 242 valence electrons. The molecular weight excluding hydrogens is 596 g/mol. The smallest absolute Gasteiger partial charge is 0.296 e. The second-order valence-electron chi connectivity index (χ2n) is 12.0. The Hall–Kier alpha value is -4.39. The first-order chi connectivity index (χ1) is 22.5. The van der Waals surface area contributed by atoms with Crippen molar-refractivity contribution in [3.63, 3.8) is 0 Å². The van der Waals surface area contributed by atoms with Gasteiger partial charge in [0.05, 0.1) is 24.2 Å². The molecule has 5 heterocycles. The van der Waals surface area contributed by atoms with E-state index in [1.807, 2.05) is 21.9 Å². The summed E-state index contributed by atoms with van der Waals surface area (Å²) in [6.07, 6.45) is 4.98. The Morgan fingerprint density at radius 1 is 0.848 bits per heavy atom. The number of aromatic nitrogens is 5. The van der Waals surface area contributed by atoms with Gasteiger partial charge in [0.15, 0.2) is 5.82 Å². The number of morpholine rings is 1. The van der Waals surface area contributed by atoms with Crippen molar-refractivity contribution < 1.29 is 27.8 Å². The van der Waals surface area contributed by atoms with Crippen LogP contribution in [0.2, 0.25) is 0 Å². The van der Waals surface area contributed by atoms with Crippen molar-refractivity contribution in [3.05, 3.63) is 60.7 Å². The van der Waals surface area contributed by atoms with Crippen LogP contribution in [0.3, 0.4) is 0 Å². The van der Waals surface area contributed by atoms with Gasteiger partial charge in [-0.2, -0.15) is 9.97 Å². The third kappa shape index (κ3) is 6.60. The number of fused-ring (bicyclic) bond motifs is 1. The molecule has 1 aliphatic carbocycles. The number of ether oxygens (including phenoxy) is 3. The van der Waals surface area contributed by atoms with Crippen molar-refractivity contribution >= 4 is 22.9 Å². The van der Waals surface area contributed by atoms with Crippen LogP contribution in [-0.4, -0.2) is 86.9 Å². The molecule has 1 amide bonds. The summed E-state index contributed by atoms with van der Waals surface area (Å²) in [5.41, 5.74) is 0.989. The highest BCUT2D eigenvalue weighted by Gasteiger charge is 2.33. The minimum Gasteiger partial charge on any atom is -0.490 e. The molecule has 0 radical (unpaired) electrons. The van der Waals surface area contributed by atoms with Crippen LogP contribution >= 0.6 is 0 Å². The molecule has 3 fully saturated rings. The van der Waals surface area contributed by atoms with E-state index in [-0.39, 0.29) is 35.7 Å². The predicted molar refractivity (Wildman–Crippen MR) is 165 cm³/mol. The van der Waals surface area contributed by atoms with Crippen LogP contribution in [0.5, 0.6) is 11.6 Å². The number of hydrogen-bond donors (Lipinski definition) is 0. The molecule has 0 atom stereocenters. The van der Waals surface area contributed by atoms with Gasteiger partial charge in [-0.05, 0) is 49.9 Å². The first kappa shape index (κ1) is 30.3. The van der Waals surface area contributed by atoms with Gasteiger partial charge in [0.2, 0.25) is 17.7 Å². The molecular formula is C33H37F2N7O4. The van der Waals surface area contributed by atoms with Crippen LogP contribution in [0.25, 0.3) is 16.9 Å². The molecule has 3 aliphatic rings. The van der Waals surface area contributed by atoms with Gasteiger partial charge in [0, 0.05) is 63.4 Å². The molecule has 7 rings (SSSR count). The van der Waals surface area contributed by atoms with E-state index < -0.39 is 6.43 Å². The van der Waals surface area contributed by atoms with Gasteiger partial charge in [-0.3, -0.25) is 14.3 Å². The van der Waals surface area contributed by atoms with Crippen LogP contribution < -0.4 is 14.4 Å². The Labute approximate surface area is 265 Å². The number of piperidine rings is 1. The second kappa shape index (κ2) is 13.5. The van der Waals surface area contributed by atoms with Gasteiger partial charge < -0.3 is 24.0 Å². The number of likely N-dealkylation sites (tertiary alicyclic amines) is 1. The summed E-state index contributed by atoms with van der Waals surface area (Å²) in [7, 11) is 0. The number of hydrogen-bond acceptors (Lipinski definition) is 9. The quantitative estimate of drug-likeness (QED) is 0.265.